The Morgan fingerprint density at radius 3 is 2.24 bits per heavy atom. The molecule has 0 aliphatic heterocycles. The predicted octanol–water partition coefficient (Wildman–Crippen LogP) is 3.82. The summed E-state index contributed by atoms with van der Waals surface area (Å²) in [7, 11) is -3.74. The molecule has 0 aliphatic carbocycles. The van der Waals surface area contributed by atoms with Crippen molar-refractivity contribution in [3.8, 4) is 11.1 Å². The van der Waals surface area contributed by atoms with Gasteiger partial charge >= 0.3 is 0 Å². The average Bonchev–Trinajstić information content (AvgIpc) is 2.45. The number of aryl methyl sites for hydroxylation is 1. The summed E-state index contributed by atoms with van der Waals surface area (Å²) in [6, 6.07) is 13.2. The molecule has 21 heavy (non-hydrogen) atoms. The fraction of sp³-hybridized carbons (Fsp3) is 0.294. The van der Waals surface area contributed by atoms with E-state index < -0.39 is 10.0 Å². The number of hydrogen-bond donors (Lipinski definition) is 1. The van der Waals surface area contributed by atoms with E-state index in [1.54, 1.807) is 6.07 Å². The van der Waals surface area contributed by atoms with Gasteiger partial charge < -0.3 is 0 Å². The van der Waals surface area contributed by atoms with E-state index in [4.69, 9.17) is 5.14 Å². The van der Waals surface area contributed by atoms with Crippen LogP contribution in [0.5, 0.6) is 0 Å². The maximum absolute atomic E-state index is 11.8. The normalized spacial score (nSPS) is 13.1. The van der Waals surface area contributed by atoms with E-state index in [1.807, 2.05) is 43.3 Å². The van der Waals surface area contributed by atoms with Crippen LogP contribution in [0.1, 0.15) is 37.3 Å². The number of nitrogens with two attached hydrogens (primary N) is 1. The Balaban J connectivity index is 2.66. The molecule has 0 aromatic heterocycles. The Morgan fingerprint density at radius 2 is 1.71 bits per heavy atom. The number of benzene rings is 2. The Kier molecular flexibility index (Phi) is 4.49. The molecule has 0 bridgehead atoms. The molecule has 1 unspecified atom stereocenters. The van der Waals surface area contributed by atoms with Crippen LogP contribution in [0.2, 0.25) is 0 Å². The van der Waals surface area contributed by atoms with E-state index in [9.17, 15) is 8.42 Å². The molecule has 2 aromatic rings. The highest BCUT2D eigenvalue weighted by Crippen LogP contribution is 2.31. The van der Waals surface area contributed by atoms with Crippen LogP contribution in [0, 0.1) is 6.92 Å². The Bertz CT molecular complexity index is 734. The van der Waals surface area contributed by atoms with E-state index in [-0.39, 0.29) is 4.90 Å². The van der Waals surface area contributed by atoms with Crippen molar-refractivity contribution in [2.45, 2.75) is 38.0 Å². The molecule has 0 radical (unpaired) electrons. The molecule has 0 saturated heterocycles. The van der Waals surface area contributed by atoms with Gasteiger partial charge in [-0.25, -0.2) is 13.6 Å². The Morgan fingerprint density at radius 1 is 1.10 bits per heavy atom. The van der Waals surface area contributed by atoms with Gasteiger partial charge in [0.1, 0.15) is 0 Å². The van der Waals surface area contributed by atoms with Gasteiger partial charge in [-0.2, -0.15) is 0 Å². The third-order valence-corrected chi connectivity index (χ3v) is 4.82. The highest BCUT2D eigenvalue weighted by molar-refractivity contribution is 7.89. The van der Waals surface area contributed by atoms with Crippen LogP contribution < -0.4 is 5.14 Å². The number of sulfonamides is 1. The predicted molar refractivity (Wildman–Crippen MR) is 86.7 cm³/mol. The van der Waals surface area contributed by atoms with Gasteiger partial charge in [0, 0.05) is 5.56 Å². The zero-order valence-electron chi connectivity index (χ0n) is 12.6. The van der Waals surface area contributed by atoms with Crippen LogP contribution in [0.3, 0.4) is 0 Å². The van der Waals surface area contributed by atoms with Gasteiger partial charge in [-0.05, 0) is 42.5 Å². The van der Waals surface area contributed by atoms with Gasteiger partial charge in [0.05, 0.1) is 4.90 Å². The molecule has 4 heteroatoms. The molecule has 0 aliphatic rings. The SMILES string of the molecule is CCC(C)c1ccc(S(N)(=O)=O)c(-c2ccc(C)cc2)c1. The van der Waals surface area contributed by atoms with E-state index >= 15 is 0 Å². The van der Waals surface area contributed by atoms with Gasteiger partial charge in [-0.3, -0.25) is 0 Å². The van der Waals surface area contributed by atoms with Crippen LogP contribution in [0.15, 0.2) is 47.4 Å². The first kappa shape index (κ1) is 15.7. The average molecular weight is 303 g/mol. The summed E-state index contributed by atoms with van der Waals surface area (Å²) in [5, 5.41) is 5.36. The first-order valence-electron chi connectivity index (χ1n) is 7.06. The second kappa shape index (κ2) is 6.00. The summed E-state index contributed by atoms with van der Waals surface area (Å²) in [6.45, 7) is 6.24. The largest absolute Gasteiger partial charge is 0.238 e. The lowest BCUT2D eigenvalue weighted by atomic mass is 9.94. The lowest BCUT2D eigenvalue weighted by Crippen LogP contribution is -2.13. The van der Waals surface area contributed by atoms with E-state index in [0.29, 0.717) is 11.5 Å². The fourth-order valence-electron chi connectivity index (χ4n) is 2.30. The molecule has 2 rings (SSSR count). The minimum absolute atomic E-state index is 0.179. The quantitative estimate of drug-likeness (QED) is 0.933. The van der Waals surface area contributed by atoms with Crippen molar-refractivity contribution in [2.75, 3.05) is 0 Å². The van der Waals surface area contributed by atoms with Crippen LogP contribution in [0.25, 0.3) is 11.1 Å². The molecular weight excluding hydrogens is 282 g/mol. The molecule has 112 valence electrons. The van der Waals surface area contributed by atoms with E-state index in [1.165, 1.54) is 0 Å². The minimum Gasteiger partial charge on any atom is -0.225 e. The van der Waals surface area contributed by atoms with Crippen LogP contribution in [-0.4, -0.2) is 8.42 Å². The van der Waals surface area contributed by atoms with Gasteiger partial charge in [0.15, 0.2) is 0 Å². The topological polar surface area (TPSA) is 60.2 Å². The molecule has 0 amide bonds. The zero-order valence-corrected chi connectivity index (χ0v) is 13.4. The van der Waals surface area contributed by atoms with Gasteiger partial charge in [-0.1, -0.05) is 49.7 Å². The summed E-state index contributed by atoms with van der Waals surface area (Å²) in [5.41, 5.74) is 3.81. The van der Waals surface area contributed by atoms with Crippen LogP contribution >= 0.6 is 0 Å². The van der Waals surface area contributed by atoms with Crippen molar-refractivity contribution in [2.24, 2.45) is 5.14 Å². The number of rotatable bonds is 4. The molecule has 0 spiro atoms. The van der Waals surface area contributed by atoms with E-state index in [0.717, 1.165) is 23.1 Å². The maximum Gasteiger partial charge on any atom is 0.238 e. The number of primary sulfonamides is 1. The van der Waals surface area contributed by atoms with Crippen molar-refractivity contribution >= 4 is 10.0 Å². The number of hydrogen-bond acceptors (Lipinski definition) is 2. The van der Waals surface area contributed by atoms with Crippen molar-refractivity contribution in [3.63, 3.8) is 0 Å². The third-order valence-electron chi connectivity index (χ3n) is 3.85. The summed E-state index contributed by atoms with van der Waals surface area (Å²) < 4.78 is 23.6. The fourth-order valence-corrected chi connectivity index (χ4v) is 3.04. The maximum atomic E-state index is 11.8. The molecule has 1 atom stereocenters. The minimum atomic E-state index is -3.74. The highest BCUT2D eigenvalue weighted by Gasteiger charge is 2.17. The van der Waals surface area contributed by atoms with Crippen molar-refractivity contribution in [1.82, 2.24) is 0 Å². The Hall–Kier alpha value is -1.65. The molecule has 2 N–H and O–H groups in total. The summed E-state index contributed by atoms with van der Waals surface area (Å²) in [4.78, 5) is 0.179. The molecule has 2 aromatic carbocycles. The molecule has 3 nitrogen and oxygen atoms in total. The first-order valence-corrected chi connectivity index (χ1v) is 8.61. The molecule has 0 saturated carbocycles. The summed E-state index contributed by atoms with van der Waals surface area (Å²) in [6.07, 6.45) is 1.00. The smallest absolute Gasteiger partial charge is 0.225 e. The van der Waals surface area contributed by atoms with Crippen molar-refractivity contribution in [3.05, 3.63) is 53.6 Å². The molecule has 0 fully saturated rings. The first-order chi connectivity index (χ1) is 9.82. The molecule has 0 heterocycles. The lowest BCUT2D eigenvalue weighted by molar-refractivity contribution is 0.598. The zero-order chi connectivity index (χ0) is 15.6. The van der Waals surface area contributed by atoms with Crippen molar-refractivity contribution < 1.29 is 8.42 Å². The van der Waals surface area contributed by atoms with Crippen molar-refractivity contribution in [1.29, 1.82) is 0 Å². The van der Waals surface area contributed by atoms with Crippen LogP contribution in [-0.2, 0) is 10.0 Å². The van der Waals surface area contributed by atoms with Gasteiger partial charge in [-0.15, -0.1) is 0 Å². The second-order valence-electron chi connectivity index (χ2n) is 5.48. The van der Waals surface area contributed by atoms with E-state index in [2.05, 4.69) is 13.8 Å². The monoisotopic (exact) mass is 303 g/mol. The second-order valence-corrected chi connectivity index (χ2v) is 7.01. The standard InChI is InChI=1S/C17H21NO2S/c1-4-13(3)15-9-10-17(21(18,19)20)16(11-15)14-7-5-12(2)6-8-14/h5-11,13H,4H2,1-3H3,(H2,18,19,20). The Labute approximate surface area is 126 Å². The van der Waals surface area contributed by atoms with Crippen LogP contribution in [0.4, 0.5) is 0 Å². The summed E-state index contributed by atoms with van der Waals surface area (Å²) in [5.74, 6) is 0.378. The third kappa shape index (κ3) is 3.52. The van der Waals surface area contributed by atoms with Gasteiger partial charge in [0.2, 0.25) is 10.0 Å². The highest BCUT2D eigenvalue weighted by atomic mass is 32.2. The lowest BCUT2D eigenvalue weighted by Gasteiger charge is -2.14. The molecular formula is C17H21NO2S. The summed E-state index contributed by atoms with van der Waals surface area (Å²) >= 11 is 0. The van der Waals surface area contributed by atoms with Gasteiger partial charge in [0.25, 0.3) is 0 Å².